The summed E-state index contributed by atoms with van der Waals surface area (Å²) in [6, 6.07) is 7.19. The van der Waals surface area contributed by atoms with Crippen LogP contribution in [0.5, 0.6) is 5.19 Å². The molecule has 0 saturated carbocycles. The quantitative estimate of drug-likeness (QED) is 0.833. The van der Waals surface area contributed by atoms with Crippen LogP contribution in [-0.2, 0) is 15.4 Å². The summed E-state index contributed by atoms with van der Waals surface area (Å²) in [5.41, 5.74) is 1.12. The van der Waals surface area contributed by atoms with E-state index in [9.17, 15) is 8.42 Å². The van der Waals surface area contributed by atoms with Gasteiger partial charge in [0.25, 0.3) is 5.19 Å². The number of hydrogen-bond donors (Lipinski definition) is 0. The normalized spacial score (nSPS) is 19.5. The smallest absolute Gasteiger partial charge is 0.273 e. The number of thiazole rings is 1. The molecule has 1 aliphatic heterocycles. The van der Waals surface area contributed by atoms with Crippen molar-refractivity contribution in [3.05, 3.63) is 41.4 Å². The van der Waals surface area contributed by atoms with E-state index in [1.165, 1.54) is 15.6 Å². The van der Waals surface area contributed by atoms with Gasteiger partial charge in [0.15, 0.2) is 0 Å². The van der Waals surface area contributed by atoms with Crippen molar-refractivity contribution in [3.63, 3.8) is 0 Å². The van der Waals surface area contributed by atoms with Crippen molar-refractivity contribution in [2.24, 2.45) is 0 Å². The second-order valence-corrected chi connectivity index (χ2v) is 9.76. The minimum atomic E-state index is -3.48. The van der Waals surface area contributed by atoms with E-state index in [2.05, 4.69) is 25.8 Å². The molecule has 1 aromatic heterocycles. The van der Waals surface area contributed by atoms with Gasteiger partial charge < -0.3 is 4.74 Å². The van der Waals surface area contributed by atoms with Crippen molar-refractivity contribution in [3.8, 4) is 5.19 Å². The molecule has 1 aromatic carbocycles. The third-order valence-corrected chi connectivity index (χ3v) is 6.68. The van der Waals surface area contributed by atoms with Crippen molar-refractivity contribution in [1.82, 2.24) is 9.29 Å². The zero-order valence-corrected chi connectivity index (χ0v) is 15.7. The van der Waals surface area contributed by atoms with Crippen LogP contribution >= 0.6 is 11.3 Å². The number of sulfonamides is 1. The summed E-state index contributed by atoms with van der Waals surface area (Å²) < 4.78 is 32.8. The number of aromatic nitrogens is 1. The molecule has 0 radical (unpaired) electrons. The summed E-state index contributed by atoms with van der Waals surface area (Å²) in [6.07, 6.45) is 2.22. The summed E-state index contributed by atoms with van der Waals surface area (Å²) in [4.78, 5) is 4.42. The van der Waals surface area contributed by atoms with E-state index in [4.69, 9.17) is 4.74 Å². The van der Waals surface area contributed by atoms with Crippen molar-refractivity contribution < 1.29 is 13.2 Å². The highest BCUT2D eigenvalue weighted by atomic mass is 32.2. The summed E-state index contributed by atoms with van der Waals surface area (Å²) in [5, 5.41) is 2.43. The molecule has 1 atom stereocenters. The molecule has 0 spiro atoms. The van der Waals surface area contributed by atoms with Crippen molar-refractivity contribution in [2.75, 3.05) is 13.1 Å². The molecule has 0 N–H and O–H groups in total. The third kappa shape index (κ3) is 3.63. The largest absolute Gasteiger partial charge is 0.465 e. The van der Waals surface area contributed by atoms with E-state index in [-0.39, 0.29) is 11.5 Å². The minimum Gasteiger partial charge on any atom is -0.465 e. The Balaban J connectivity index is 1.72. The Morgan fingerprint density at radius 3 is 2.54 bits per heavy atom. The number of hydrogen-bond acceptors (Lipinski definition) is 5. The fourth-order valence-corrected chi connectivity index (χ4v) is 4.74. The predicted molar refractivity (Wildman–Crippen MR) is 95.0 cm³/mol. The fourth-order valence-electron chi connectivity index (χ4n) is 2.70. The van der Waals surface area contributed by atoms with Crippen molar-refractivity contribution >= 4 is 21.4 Å². The Kier molecular flexibility index (Phi) is 4.68. The molecule has 1 unspecified atom stereocenters. The van der Waals surface area contributed by atoms with Crippen LogP contribution in [0.2, 0.25) is 0 Å². The first-order valence-electron chi connectivity index (χ1n) is 7.94. The van der Waals surface area contributed by atoms with Gasteiger partial charge in [-0.05, 0) is 29.5 Å². The van der Waals surface area contributed by atoms with Crippen LogP contribution in [0.25, 0.3) is 0 Å². The molecular formula is C17H22N2O3S2. The molecule has 7 heteroatoms. The van der Waals surface area contributed by atoms with Crippen LogP contribution in [0, 0.1) is 0 Å². The van der Waals surface area contributed by atoms with Gasteiger partial charge in [-0.25, -0.2) is 13.4 Å². The molecule has 0 bridgehead atoms. The first-order chi connectivity index (χ1) is 11.3. The molecule has 2 heterocycles. The predicted octanol–water partition coefficient (Wildman–Crippen LogP) is 3.28. The topological polar surface area (TPSA) is 59.5 Å². The van der Waals surface area contributed by atoms with Gasteiger partial charge in [0.1, 0.15) is 6.10 Å². The molecular weight excluding hydrogens is 344 g/mol. The summed E-state index contributed by atoms with van der Waals surface area (Å²) >= 11 is 1.42. The highest BCUT2D eigenvalue weighted by molar-refractivity contribution is 7.89. The molecule has 2 aromatic rings. The molecule has 3 rings (SSSR count). The first-order valence-corrected chi connectivity index (χ1v) is 10.3. The standard InChI is InChI=1S/C17H22N2O3S2/c1-17(2,3)13-4-6-15(7-5-13)24(20,21)19-10-8-14(12-19)22-16-18-9-11-23-16/h4-7,9,11,14H,8,10,12H2,1-3H3. The van der Waals surface area contributed by atoms with Gasteiger partial charge in [0, 0.05) is 18.1 Å². The summed E-state index contributed by atoms with van der Waals surface area (Å²) in [5.74, 6) is 0. The molecule has 5 nitrogen and oxygen atoms in total. The van der Waals surface area contributed by atoms with E-state index >= 15 is 0 Å². The Labute approximate surface area is 147 Å². The molecule has 1 saturated heterocycles. The van der Waals surface area contributed by atoms with Gasteiger partial charge in [0.05, 0.1) is 11.4 Å². The van der Waals surface area contributed by atoms with E-state index < -0.39 is 10.0 Å². The third-order valence-electron chi connectivity index (χ3n) is 4.14. The van der Waals surface area contributed by atoms with Crippen LogP contribution in [0.3, 0.4) is 0 Å². The molecule has 130 valence electrons. The van der Waals surface area contributed by atoms with Gasteiger partial charge in [0.2, 0.25) is 10.0 Å². The van der Waals surface area contributed by atoms with Crippen LogP contribution in [0.4, 0.5) is 0 Å². The maximum Gasteiger partial charge on any atom is 0.273 e. The molecule has 1 fully saturated rings. The number of benzene rings is 1. The molecule has 1 aliphatic rings. The van der Waals surface area contributed by atoms with E-state index in [0.717, 1.165) is 5.56 Å². The minimum absolute atomic E-state index is 0.00256. The zero-order chi connectivity index (χ0) is 17.4. The zero-order valence-electron chi connectivity index (χ0n) is 14.1. The molecule has 24 heavy (non-hydrogen) atoms. The van der Waals surface area contributed by atoms with Gasteiger partial charge in [-0.1, -0.05) is 44.2 Å². The van der Waals surface area contributed by atoms with Gasteiger partial charge in [-0.2, -0.15) is 4.31 Å². The summed E-state index contributed by atoms with van der Waals surface area (Å²) in [7, 11) is -3.48. The Hall–Kier alpha value is -1.44. The van der Waals surface area contributed by atoms with Crippen LogP contribution in [0.1, 0.15) is 32.8 Å². The Morgan fingerprint density at radius 2 is 1.96 bits per heavy atom. The average molecular weight is 367 g/mol. The number of ether oxygens (including phenoxy) is 1. The van der Waals surface area contributed by atoms with Gasteiger partial charge >= 0.3 is 0 Å². The van der Waals surface area contributed by atoms with E-state index in [1.54, 1.807) is 18.3 Å². The van der Waals surface area contributed by atoms with Crippen molar-refractivity contribution in [1.29, 1.82) is 0 Å². The lowest BCUT2D eigenvalue weighted by atomic mass is 9.87. The second kappa shape index (κ2) is 6.46. The van der Waals surface area contributed by atoms with Gasteiger partial charge in [-0.3, -0.25) is 0 Å². The van der Waals surface area contributed by atoms with Gasteiger partial charge in [-0.15, -0.1) is 0 Å². The Morgan fingerprint density at radius 1 is 1.25 bits per heavy atom. The average Bonchev–Trinajstić information content (AvgIpc) is 3.19. The lowest BCUT2D eigenvalue weighted by Gasteiger charge is -2.20. The lowest BCUT2D eigenvalue weighted by molar-refractivity contribution is 0.214. The SMILES string of the molecule is CC(C)(C)c1ccc(S(=O)(=O)N2CCC(Oc3nccs3)C2)cc1. The van der Waals surface area contributed by atoms with Crippen LogP contribution in [-0.4, -0.2) is 36.9 Å². The maximum absolute atomic E-state index is 12.8. The molecule has 0 aliphatic carbocycles. The monoisotopic (exact) mass is 366 g/mol. The lowest BCUT2D eigenvalue weighted by Crippen LogP contribution is -2.31. The highest BCUT2D eigenvalue weighted by Crippen LogP contribution is 2.27. The number of nitrogens with zero attached hydrogens (tertiary/aromatic N) is 2. The molecule has 0 amide bonds. The van der Waals surface area contributed by atoms with E-state index in [0.29, 0.717) is 29.6 Å². The van der Waals surface area contributed by atoms with Crippen LogP contribution in [0.15, 0.2) is 40.7 Å². The maximum atomic E-state index is 12.8. The van der Waals surface area contributed by atoms with Crippen molar-refractivity contribution in [2.45, 2.75) is 43.6 Å². The Bertz CT molecular complexity index is 778. The highest BCUT2D eigenvalue weighted by Gasteiger charge is 2.34. The fraction of sp³-hybridized carbons (Fsp3) is 0.471. The summed E-state index contributed by atoms with van der Waals surface area (Å²) in [6.45, 7) is 7.16. The second-order valence-electron chi connectivity index (χ2n) is 6.96. The van der Waals surface area contributed by atoms with Crippen LogP contribution < -0.4 is 4.74 Å². The van der Waals surface area contributed by atoms with E-state index in [1.807, 2.05) is 17.5 Å². The first kappa shape index (κ1) is 17.4. The number of rotatable bonds is 4.